The molecule has 0 atom stereocenters. The Morgan fingerprint density at radius 2 is 1.65 bits per heavy atom. The molecule has 0 spiro atoms. The first-order valence-corrected chi connectivity index (χ1v) is 9.07. The fraction of sp³-hybridized carbons (Fsp3) is 0.111. The van der Waals surface area contributed by atoms with Crippen molar-refractivity contribution in [2.75, 3.05) is 17.7 Å². The van der Waals surface area contributed by atoms with E-state index in [1.54, 1.807) is 24.3 Å². The number of benzene rings is 2. The Balaban J connectivity index is 1.90. The minimum absolute atomic E-state index is 0.238. The molecule has 1 N–H and O–H groups in total. The average Bonchev–Trinajstić information content (AvgIpc) is 2.55. The van der Waals surface area contributed by atoms with Gasteiger partial charge in [-0.25, -0.2) is 8.42 Å². The molecule has 2 aromatic carbocycles. The molecule has 118 valence electrons. The smallest absolute Gasteiger partial charge is 0.175 e. The molecule has 3 rings (SSSR count). The predicted molar refractivity (Wildman–Crippen MR) is 92.1 cm³/mol. The van der Waals surface area contributed by atoms with E-state index in [1.807, 2.05) is 42.6 Å². The standard InChI is InChI=1S/C18H17NO3S/c1-23(21,22)18-10-4-14(5-11-18)15-3-2-12-19(13-15)16-6-8-17(20)9-7-16/h2-11,13,20H,12H2,1H3. The minimum Gasteiger partial charge on any atom is -0.508 e. The number of hydrogen-bond acceptors (Lipinski definition) is 4. The van der Waals surface area contributed by atoms with Crippen molar-refractivity contribution in [3.05, 3.63) is 72.4 Å². The van der Waals surface area contributed by atoms with Gasteiger partial charge in [0.05, 0.1) is 4.90 Å². The van der Waals surface area contributed by atoms with Gasteiger partial charge in [0.2, 0.25) is 0 Å². The van der Waals surface area contributed by atoms with Crippen LogP contribution in [-0.2, 0) is 9.84 Å². The summed E-state index contributed by atoms with van der Waals surface area (Å²) in [6, 6.07) is 13.9. The molecule has 0 aromatic heterocycles. The van der Waals surface area contributed by atoms with Crippen LogP contribution in [0.1, 0.15) is 5.56 Å². The number of rotatable bonds is 3. The van der Waals surface area contributed by atoms with Crippen molar-refractivity contribution in [3.8, 4) is 5.75 Å². The van der Waals surface area contributed by atoms with Gasteiger partial charge in [-0.15, -0.1) is 0 Å². The maximum atomic E-state index is 11.5. The highest BCUT2D eigenvalue weighted by atomic mass is 32.2. The molecule has 0 unspecified atom stereocenters. The first-order valence-electron chi connectivity index (χ1n) is 7.18. The van der Waals surface area contributed by atoms with Gasteiger partial charge in [0.1, 0.15) is 5.75 Å². The molecule has 5 heteroatoms. The van der Waals surface area contributed by atoms with Crippen molar-refractivity contribution in [2.45, 2.75) is 4.90 Å². The first-order chi connectivity index (χ1) is 10.9. The van der Waals surface area contributed by atoms with Crippen LogP contribution in [0.25, 0.3) is 5.57 Å². The lowest BCUT2D eigenvalue weighted by Gasteiger charge is -2.23. The van der Waals surface area contributed by atoms with Gasteiger partial charge >= 0.3 is 0 Å². The molecule has 4 nitrogen and oxygen atoms in total. The van der Waals surface area contributed by atoms with Gasteiger partial charge in [-0.2, -0.15) is 0 Å². The molecule has 1 heterocycles. The zero-order chi connectivity index (χ0) is 16.4. The molecule has 0 aliphatic carbocycles. The molecular formula is C18H17NO3S. The normalized spacial score (nSPS) is 14.7. The van der Waals surface area contributed by atoms with Crippen molar-refractivity contribution in [1.82, 2.24) is 0 Å². The van der Waals surface area contributed by atoms with Gasteiger partial charge in [0, 0.05) is 24.7 Å². The number of phenols is 1. The Bertz CT molecular complexity index is 863. The van der Waals surface area contributed by atoms with Crippen LogP contribution in [0.2, 0.25) is 0 Å². The van der Waals surface area contributed by atoms with E-state index < -0.39 is 9.84 Å². The zero-order valence-electron chi connectivity index (χ0n) is 12.7. The van der Waals surface area contributed by atoms with Crippen LogP contribution < -0.4 is 4.90 Å². The first kappa shape index (κ1) is 15.4. The fourth-order valence-corrected chi connectivity index (χ4v) is 3.08. The average molecular weight is 327 g/mol. The third-order valence-electron chi connectivity index (χ3n) is 3.69. The quantitative estimate of drug-likeness (QED) is 0.940. The van der Waals surface area contributed by atoms with Gasteiger partial charge in [0.25, 0.3) is 0 Å². The van der Waals surface area contributed by atoms with Crippen LogP contribution in [0.3, 0.4) is 0 Å². The van der Waals surface area contributed by atoms with Gasteiger partial charge in [-0.1, -0.05) is 24.3 Å². The maximum absolute atomic E-state index is 11.5. The number of phenolic OH excluding ortho intramolecular Hbond substituents is 1. The molecule has 0 amide bonds. The molecule has 0 bridgehead atoms. The molecule has 0 saturated carbocycles. The number of anilines is 1. The third-order valence-corrected chi connectivity index (χ3v) is 4.82. The Kier molecular flexibility index (Phi) is 3.96. The van der Waals surface area contributed by atoms with Crippen LogP contribution in [0.5, 0.6) is 5.75 Å². The summed E-state index contributed by atoms with van der Waals surface area (Å²) in [5.74, 6) is 0.238. The second-order valence-electron chi connectivity index (χ2n) is 5.45. The highest BCUT2D eigenvalue weighted by Crippen LogP contribution is 2.26. The van der Waals surface area contributed by atoms with Crippen molar-refractivity contribution in [1.29, 1.82) is 0 Å². The highest BCUT2D eigenvalue weighted by molar-refractivity contribution is 7.90. The molecule has 0 fully saturated rings. The van der Waals surface area contributed by atoms with E-state index in [2.05, 4.69) is 4.90 Å². The van der Waals surface area contributed by atoms with E-state index >= 15 is 0 Å². The Morgan fingerprint density at radius 3 is 2.26 bits per heavy atom. The van der Waals surface area contributed by atoms with E-state index in [0.717, 1.165) is 23.4 Å². The summed E-state index contributed by atoms with van der Waals surface area (Å²) in [7, 11) is -3.18. The molecular weight excluding hydrogens is 310 g/mol. The third kappa shape index (κ3) is 3.46. The van der Waals surface area contributed by atoms with Crippen LogP contribution in [0, 0.1) is 0 Å². The summed E-state index contributed by atoms with van der Waals surface area (Å²) in [5.41, 5.74) is 2.94. The fourth-order valence-electron chi connectivity index (χ4n) is 2.45. The lowest BCUT2D eigenvalue weighted by Crippen LogP contribution is -2.18. The molecule has 0 saturated heterocycles. The molecule has 2 aromatic rings. The SMILES string of the molecule is CS(=O)(=O)c1ccc(C2=CN(c3ccc(O)cc3)CC=C2)cc1. The van der Waals surface area contributed by atoms with E-state index in [9.17, 15) is 13.5 Å². The second-order valence-corrected chi connectivity index (χ2v) is 7.47. The molecule has 0 radical (unpaired) electrons. The van der Waals surface area contributed by atoms with Crippen molar-refractivity contribution in [3.63, 3.8) is 0 Å². The molecule has 1 aliphatic heterocycles. The Labute approximate surface area is 135 Å². The monoisotopic (exact) mass is 327 g/mol. The maximum Gasteiger partial charge on any atom is 0.175 e. The van der Waals surface area contributed by atoms with E-state index in [1.165, 1.54) is 6.26 Å². The van der Waals surface area contributed by atoms with E-state index in [4.69, 9.17) is 0 Å². The zero-order valence-corrected chi connectivity index (χ0v) is 13.5. The molecule has 23 heavy (non-hydrogen) atoms. The number of allylic oxidation sites excluding steroid dienone is 2. The largest absolute Gasteiger partial charge is 0.508 e. The van der Waals surface area contributed by atoms with Gasteiger partial charge < -0.3 is 10.0 Å². The van der Waals surface area contributed by atoms with Gasteiger partial charge in [-0.3, -0.25) is 0 Å². The number of aromatic hydroxyl groups is 1. The van der Waals surface area contributed by atoms with Gasteiger partial charge in [0.15, 0.2) is 9.84 Å². The van der Waals surface area contributed by atoms with Crippen LogP contribution in [-0.4, -0.2) is 26.3 Å². The van der Waals surface area contributed by atoms with Crippen molar-refractivity contribution < 1.29 is 13.5 Å². The second kappa shape index (κ2) is 5.93. The minimum atomic E-state index is -3.18. The Hall–Kier alpha value is -2.53. The molecule has 1 aliphatic rings. The Morgan fingerprint density at radius 1 is 1.00 bits per heavy atom. The topological polar surface area (TPSA) is 57.6 Å². The lowest BCUT2D eigenvalue weighted by molar-refractivity contribution is 0.475. The van der Waals surface area contributed by atoms with Crippen molar-refractivity contribution >= 4 is 21.1 Å². The summed E-state index contributed by atoms with van der Waals surface area (Å²) >= 11 is 0. The number of hydrogen-bond donors (Lipinski definition) is 1. The lowest BCUT2D eigenvalue weighted by atomic mass is 10.0. The number of sulfone groups is 1. The highest BCUT2D eigenvalue weighted by Gasteiger charge is 2.11. The van der Waals surface area contributed by atoms with Crippen LogP contribution in [0.15, 0.2) is 71.8 Å². The van der Waals surface area contributed by atoms with E-state index in [0.29, 0.717) is 4.90 Å². The summed E-state index contributed by atoms with van der Waals surface area (Å²) in [6.07, 6.45) is 7.29. The van der Waals surface area contributed by atoms with Crippen LogP contribution in [0.4, 0.5) is 5.69 Å². The summed E-state index contributed by atoms with van der Waals surface area (Å²) < 4.78 is 23.1. The summed E-state index contributed by atoms with van der Waals surface area (Å²) in [4.78, 5) is 2.39. The summed E-state index contributed by atoms with van der Waals surface area (Å²) in [6.45, 7) is 0.746. The predicted octanol–water partition coefficient (Wildman–Crippen LogP) is 3.21. The van der Waals surface area contributed by atoms with Crippen molar-refractivity contribution in [2.24, 2.45) is 0 Å². The number of nitrogens with zero attached hydrogens (tertiary/aromatic N) is 1. The van der Waals surface area contributed by atoms with E-state index in [-0.39, 0.29) is 5.75 Å². The van der Waals surface area contributed by atoms with Crippen LogP contribution >= 0.6 is 0 Å². The summed E-state index contributed by atoms with van der Waals surface area (Å²) in [5, 5.41) is 9.38. The van der Waals surface area contributed by atoms with Gasteiger partial charge in [-0.05, 0) is 47.5 Å².